The molecule has 0 radical (unpaired) electrons. The third kappa shape index (κ3) is 3.43. The Balaban J connectivity index is 1.39. The summed E-state index contributed by atoms with van der Waals surface area (Å²) in [5, 5.41) is 10.3. The highest BCUT2D eigenvalue weighted by Crippen LogP contribution is 2.36. The van der Waals surface area contributed by atoms with Crippen molar-refractivity contribution in [2.45, 2.75) is 31.8 Å². The van der Waals surface area contributed by atoms with E-state index in [2.05, 4.69) is 33.3 Å². The van der Waals surface area contributed by atoms with Crippen LogP contribution in [0.5, 0.6) is 0 Å². The highest BCUT2D eigenvalue weighted by molar-refractivity contribution is 7.18. The number of hydrogen-bond acceptors (Lipinski definition) is 6. The molecule has 4 aromatic rings. The predicted octanol–water partition coefficient (Wildman–Crippen LogP) is 5.73. The molecule has 142 valence electrons. The number of fused-ring (bicyclic) bond motifs is 1. The van der Waals surface area contributed by atoms with E-state index >= 15 is 0 Å². The highest BCUT2D eigenvalue weighted by Gasteiger charge is 2.28. The Bertz CT molecular complexity index is 1080. The average molecular weight is 411 g/mol. The van der Waals surface area contributed by atoms with Crippen LogP contribution in [0.2, 0.25) is 5.02 Å². The Hall–Kier alpha value is -2.28. The summed E-state index contributed by atoms with van der Waals surface area (Å²) in [6.07, 6.45) is 3.49. The van der Waals surface area contributed by atoms with Gasteiger partial charge in [-0.1, -0.05) is 42.3 Å². The number of thiazole rings is 1. The van der Waals surface area contributed by atoms with Crippen molar-refractivity contribution in [1.29, 1.82) is 0 Å². The fraction of sp³-hybridized carbons (Fsp3) is 0.286. The highest BCUT2D eigenvalue weighted by atomic mass is 35.5. The van der Waals surface area contributed by atoms with Crippen molar-refractivity contribution >= 4 is 33.2 Å². The molecule has 3 heterocycles. The second-order valence-electron chi connectivity index (χ2n) is 6.98. The van der Waals surface area contributed by atoms with Gasteiger partial charge in [0, 0.05) is 0 Å². The van der Waals surface area contributed by atoms with Crippen molar-refractivity contribution in [3.8, 4) is 11.5 Å². The van der Waals surface area contributed by atoms with Crippen LogP contribution in [0.1, 0.15) is 36.2 Å². The molecular formula is C21H19ClN4OS. The van der Waals surface area contributed by atoms with Crippen molar-refractivity contribution in [2.75, 3.05) is 6.54 Å². The number of para-hydroxylation sites is 1. The van der Waals surface area contributed by atoms with Gasteiger partial charge in [-0.2, -0.15) is 0 Å². The molecule has 2 aromatic heterocycles. The minimum Gasteiger partial charge on any atom is -0.419 e. The van der Waals surface area contributed by atoms with E-state index in [1.54, 1.807) is 11.3 Å². The molecule has 1 aliphatic rings. The number of likely N-dealkylation sites (tertiary alicyclic amines) is 1. The third-order valence-corrected chi connectivity index (χ3v) is 6.59. The number of nitrogens with zero attached hydrogens (tertiary/aromatic N) is 4. The quantitative estimate of drug-likeness (QED) is 0.430. The normalized spacial score (nSPS) is 18.0. The Labute approximate surface area is 172 Å². The maximum atomic E-state index is 6.26. The van der Waals surface area contributed by atoms with Gasteiger partial charge >= 0.3 is 0 Å². The monoisotopic (exact) mass is 410 g/mol. The summed E-state index contributed by atoms with van der Waals surface area (Å²) in [5.74, 6) is 1.08. The molecule has 0 bridgehead atoms. The molecule has 1 saturated heterocycles. The zero-order chi connectivity index (χ0) is 18.9. The molecule has 1 fully saturated rings. The summed E-state index contributed by atoms with van der Waals surface area (Å²) >= 11 is 8.04. The van der Waals surface area contributed by atoms with Crippen LogP contribution in [0.4, 0.5) is 0 Å². The van der Waals surface area contributed by atoms with Gasteiger partial charge in [0.25, 0.3) is 0 Å². The summed E-state index contributed by atoms with van der Waals surface area (Å²) in [4.78, 5) is 7.29. The Morgan fingerprint density at radius 2 is 1.93 bits per heavy atom. The number of benzene rings is 2. The molecule has 0 saturated carbocycles. The van der Waals surface area contributed by atoms with Crippen LogP contribution >= 0.6 is 22.9 Å². The van der Waals surface area contributed by atoms with Gasteiger partial charge in [0.05, 0.1) is 33.4 Å². The molecule has 0 N–H and O–H groups in total. The number of piperidine rings is 1. The van der Waals surface area contributed by atoms with Crippen LogP contribution in [-0.2, 0) is 6.54 Å². The van der Waals surface area contributed by atoms with Gasteiger partial charge in [-0.15, -0.1) is 21.5 Å². The number of hydrogen-bond donors (Lipinski definition) is 0. The van der Waals surface area contributed by atoms with Crippen molar-refractivity contribution < 1.29 is 4.42 Å². The minimum atomic E-state index is 0.293. The predicted molar refractivity (Wildman–Crippen MR) is 111 cm³/mol. The summed E-state index contributed by atoms with van der Waals surface area (Å²) in [5.41, 5.74) is 1.84. The van der Waals surface area contributed by atoms with Gasteiger partial charge < -0.3 is 4.42 Å². The molecule has 0 amide bonds. The van der Waals surface area contributed by atoms with Crippen molar-refractivity contribution in [1.82, 2.24) is 20.1 Å². The van der Waals surface area contributed by atoms with Crippen LogP contribution in [0.25, 0.3) is 21.7 Å². The lowest BCUT2D eigenvalue weighted by atomic mass is 10.0. The summed E-state index contributed by atoms with van der Waals surface area (Å²) in [7, 11) is 0. The molecule has 2 aromatic carbocycles. The molecule has 1 atom stereocenters. The lowest BCUT2D eigenvalue weighted by molar-refractivity contribution is 0.128. The fourth-order valence-electron chi connectivity index (χ4n) is 3.73. The SMILES string of the molecule is Clc1ccccc1-c1nnc(CN2CCCCC2c2nc3ccccc3s2)o1. The molecule has 5 rings (SSSR count). The van der Waals surface area contributed by atoms with E-state index in [-0.39, 0.29) is 0 Å². The first-order valence-electron chi connectivity index (χ1n) is 9.45. The molecular weight excluding hydrogens is 392 g/mol. The number of rotatable bonds is 4. The molecule has 0 spiro atoms. The Kier molecular flexibility index (Phi) is 4.84. The van der Waals surface area contributed by atoms with Gasteiger partial charge in [0.1, 0.15) is 5.01 Å². The van der Waals surface area contributed by atoms with E-state index in [9.17, 15) is 0 Å². The van der Waals surface area contributed by atoms with Gasteiger partial charge in [0.15, 0.2) is 0 Å². The van der Waals surface area contributed by atoms with E-state index in [1.165, 1.54) is 22.5 Å². The van der Waals surface area contributed by atoms with Crippen molar-refractivity contribution in [3.63, 3.8) is 0 Å². The fourth-order valence-corrected chi connectivity index (χ4v) is 5.08. The standard InChI is InChI=1S/C21H19ClN4OS/c22-15-8-2-1-7-14(15)20-25-24-19(27-20)13-26-12-6-5-10-17(26)21-23-16-9-3-4-11-18(16)28-21/h1-4,7-9,11,17H,5-6,10,12-13H2. The molecule has 28 heavy (non-hydrogen) atoms. The first kappa shape index (κ1) is 17.8. The zero-order valence-corrected chi connectivity index (χ0v) is 16.8. The minimum absolute atomic E-state index is 0.293. The van der Waals surface area contributed by atoms with E-state index < -0.39 is 0 Å². The van der Waals surface area contributed by atoms with E-state index in [0.29, 0.717) is 29.4 Å². The van der Waals surface area contributed by atoms with Gasteiger partial charge in [-0.3, -0.25) is 4.90 Å². The second-order valence-corrected chi connectivity index (χ2v) is 8.45. The largest absolute Gasteiger partial charge is 0.419 e. The third-order valence-electron chi connectivity index (χ3n) is 5.12. The van der Waals surface area contributed by atoms with Crippen LogP contribution in [0.15, 0.2) is 52.9 Å². The average Bonchev–Trinajstić information content (AvgIpc) is 3.35. The Morgan fingerprint density at radius 3 is 2.82 bits per heavy atom. The van der Waals surface area contributed by atoms with Gasteiger partial charge in [-0.05, 0) is 43.7 Å². The Morgan fingerprint density at radius 1 is 1.07 bits per heavy atom. The van der Waals surface area contributed by atoms with Gasteiger partial charge in [-0.25, -0.2) is 4.98 Å². The van der Waals surface area contributed by atoms with E-state index in [0.717, 1.165) is 24.0 Å². The maximum absolute atomic E-state index is 6.26. The summed E-state index contributed by atoms with van der Waals surface area (Å²) in [6.45, 7) is 1.63. The van der Waals surface area contributed by atoms with E-state index in [4.69, 9.17) is 21.0 Å². The first-order chi connectivity index (χ1) is 13.8. The lowest BCUT2D eigenvalue weighted by Crippen LogP contribution is -2.33. The maximum Gasteiger partial charge on any atom is 0.249 e. The van der Waals surface area contributed by atoms with Crippen LogP contribution in [-0.4, -0.2) is 26.6 Å². The van der Waals surface area contributed by atoms with Crippen LogP contribution in [0.3, 0.4) is 0 Å². The second kappa shape index (κ2) is 7.62. The molecule has 7 heteroatoms. The summed E-state index contributed by atoms with van der Waals surface area (Å²) in [6, 6.07) is 16.1. The van der Waals surface area contributed by atoms with Crippen molar-refractivity contribution in [2.24, 2.45) is 0 Å². The molecule has 1 unspecified atom stereocenters. The summed E-state index contributed by atoms with van der Waals surface area (Å²) < 4.78 is 7.17. The first-order valence-corrected chi connectivity index (χ1v) is 10.6. The zero-order valence-electron chi connectivity index (χ0n) is 15.2. The van der Waals surface area contributed by atoms with Crippen LogP contribution in [0, 0.1) is 0 Å². The topological polar surface area (TPSA) is 55.1 Å². The molecule has 1 aliphatic heterocycles. The van der Waals surface area contributed by atoms with E-state index in [1.807, 2.05) is 30.3 Å². The molecule has 0 aliphatic carbocycles. The van der Waals surface area contributed by atoms with Crippen LogP contribution < -0.4 is 0 Å². The smallest absolute Gasteiger partial charge is 0.249 e. The number of aromatic nitrogens is 3. The number of halogens is 1. The lowest BCUT2D eigenvalue weighted by Gasteiger charge is -2.33. The molecule has 5 nitrogen and oxygen atoms in total. The van der Waals surface area contributed by atoms with Gasteiger partial charge in [0.2, 0.25) is 11.8 Å². The van der Waals surface area contributed by atoms with Crippen molar-refractivity contribution in [3.05, 3.63) is 64.5 Å².